The number of amides is 1. The van der Waals surface area contributed by atoms with Crippen molar-refractivity contribution in [3.8, 4) is 11.4 Å². The summed E-state index contributed by atoms with van der Waals surface area (Å²) >= 11 is 3.52. The van der Waals surface area contributed by atoms with Crippen molar-refractivity contribution in [2.45, 2.75) is 65.1 Å². The van der Waals surface area contributed by atoms with Crippen LogP contribution in [0.1, 0.15) is 53.0 Å². The van der Waals surface area contributed by atoms with Crippen molar-refractivity contribution in [1.29, 1.82) is 0 Å². The fourth-order valence-electron chi connectivity index (χ4n) is 4.64. The van der Waals surface area contributed by atoms with Gasteiger partial charge in [0, 0.05) is 23.6 Å². The molecular weight excluding hydrogens is 552 g/mol. The molecule has 38 heavy (non-hydrogen) atoms. The Hall–Kier alpha value is -3.11. The van der Waals surface area contributed by atoms with Crippen LogP contribution in [-0.4, -0.2) is 57.9 Å². The molecule has 2 aromatic carbocycles. The molecule has 0 spiro atoms. The number of para-hydroxylation sites is 1. The van der Waals surface area contributed by atoms with Crippen LogP contribution in [0.3, 0.4) is 0 Å². The molecule has 204 valence electrons. The number of halogens is 1. The van der Waals surface area contributed by atoms with Crippen molar-refractivity contribution >= 4 is 32.9 Å². The molecule has 0 unspecified atom stereocenters. The molecule has 1 amide bonds. The van der Waals surface area contributed by atoms with Crippen LogP contribution in [0, 0.1) is 0 Å². The fraction of sp³-hybridized carbons (Fsp3) is 0.464. The SMILES string of the molecule is CC(C)c1ccccc1-n1c(=O)[nH]c(=O)c2c(OC[C@@H]3CN(C(=O)OC(C)(C)C)[C@H](C)CN3)cc(Br)cc21. The van der Waals surface area contributed by atoms with E-state index in [1.807, 2.05) is 52.0 Å². The van der Waals surface area contributed by atoms with Gasteiger partial charge in [-0.1, -0.05) is 48.0 Å². The third-order valence-corrected chi connectivity index (χ3v) is 6.91. The lowest BCUT2D eigenvalue weighted by molar-refractivity contribution is 0.00749. The molecule has 0 aliphatic carbocycles. The zero-order valence-electron chi connectivity index (χ0n) is 22.6. The van der Waals surface area contributed by atoms with Gasteiger partial charge in [0.1, 0.15) is 23.3 Å². The highest BCUT2D eigenvalue weighted by Crippen LogP contribution is 2.30. The van der Waals surface area contributed by atoms with Crippen LogP contribution in [0.15, 0.2) is 50.5 Å². The second-order valence-corrected chi connectivity index (χ2v) is 11.9. The number of H-pyrrole nitrogens is 1. The predicted octanol–water partition coefficient (Wildman–Crippen LogP) is 4.54. The second-order valence-electron chi connectivity index (χ2n) is 11.0. The van der Waals surface area contributed by atoms with Gasteiger partial charge in [-0.2, -0.15) is 0 Å². The highest BCUT2D eigenvalue weighted by atomic mass is 79.9. The molecule has 1 saturated heterocycles. The topological polar surface area (TPSA) is 106 Å². The normalized spacial score (nSPS) is 18.2. The van der Waals surface area contributed by atoms with Gasteiger partial charge < -0.3 is 19.7 Å². The number of hydrogen-bond donors (Lipinski definition) is 2. The number of carbonyl (C=O) groups is 1. The van der Waals surface area contributed by atoms with Crippen LogP contribution in [0.2, 0.25) is 0 Å². The van der Waals surface area contributed by atoms with E-state index in [2.05, 4.69) is 40.1 Å². The largest absolute Gasteiger partial charge is 0.491 e. The van der Waals surface area contributed by atoms with Gasteiger partial charge in [0.05, 0.1) is 17.2 Å². The van der Waals surface area contributed by atoms with E-state index in [9.17, 15) is 14.4 Å². The average Bonchev–Trinajstić information content (AvgIpc) is 2.82. The van der Waals surface area contributed by atoms with Crippen molar-refractivity contribution < 1.29 is 14.3 Å². The lowest BCUT2D eigenvalue weighted by Crippen LogP contribution is -2.59. The summed E-state index contributed by atoms with van der Waals surface area (Å²) in [6.45, 7) is 12.8. The molecule has 1 aliphatic rings. The van der Waals surface area contributed by atoms with Crippen LogP contribution in [0.25, 0.3) is 16.6 Å². The van der Waals surface area contributed by atoms with Crippen LogP contribution in [0.5, 0.6) is 5.75 Å². The van der Waals surface area contributed by atoms with Gasteiger partial charge in [0.15, 0.2) is 0 Å². The first-order valence-electron chi connectivity index (χ1n) is 12.8. The number of ether oxygens (including phenoxy) is 2. The lowest BCUT2D eigenvalue weighted by Gasteiger charge is -2.39. The molecule has 2 N–H and O–H groups in total. The molecule has 0 saturated carbocycles. The van der Waals surface area contributed by atoms with E-state index in [0.717, 1.165) is 5.56 Å². The van der Waals surface area contributed by atoms with E-state index >= 15 is 0 Å². The van der Waals surface area contributed by atoms with Gasteiger partial charge in [-0.15, -0.1) is 0 Å². The van der Waals surface area contributed by atoms with Crippen LogP contribution < -0.4 is 21.3 Å². The number of aromatic nitrogens is 2. The molecule has 9 nitrogen and oxygen atoms in total. The number of nitrogens with zero attached hydrogens (tertiary/aromatic N) is 2. The van der Waals surface area contributed by atoms with Gasteiger partial charge in [0.25, 0.3) is 5.56 Å². The highest BCUT2D eigenvalue weighted by Gasteiger charge is 2.32. The summed E-state index contributed by atoms with van der Waals surface area (Å²) in [5.41, 5.74) is 0.495. The zero-order chi connectivity index (χ0) is 27.8. The molecule has 10 heteroatoms. The Morgan fingerprint density at radius 1 is 1.18 bits per heavy atom. The first kappa shape index (κ1) is 27.9. The minimum absolute atomic E-state index is 0.0360. The van der Waals surface area contributed by atoms with Crippen molar-refractivity contribution in [2.75, 3.05) is 19.7 Å². The molecule has 2 atom stereocenters. The zero-order valence-corrected chi connectivity index (χ0v) is 24.2. The summed E-state index contributed by atoms with van der Waals surface area (Å²) in [6, 6.07) is 10.9. The van der Waals surface area contributed by atoms with E-state index in [-0.39, 0.29) is 36.1 Å². The molecule has 1 fully saturated rings. The molecule has 0 radical (unpaired) electrons. The summed E-state index contributed by atoms with van der Waals surface area (Å²) in [6.07, 6.45) is -0.367. The molecule has 1 aliphatic heterocycles. The number of nitrogens with one attached hydrogen (secondary N) is 2. The number of aromatic amines is 1. The Balaban J connectivity index is 1.68. The number of benzene rings is 2. The van der Waals surface area contributed by atoms with E-state index in [0.29, 0.717) is 34.5 Å². The average molecular weight is 588 g/mol. The standard InChI is InChI=1S/C28H35BrN4O5/c1-16(2)20-9-7-8-10-21(20)33-22-11-18(29)12-23(24(22)25(34)31-26(33)35)37-15-19-14-32(17(3)13-30-19)27(36)38-28(4,5)6/h7-12,16-17,19,30H,13-15H2,1-6H3,(H,31,34,35)/t17-,19+/m1/s1. The summed E-state index contributed by atoms with van der Waals surface area (Å²) in [7, 11) is 0. The summed E-state index contributed by atoms with van der Waals surface area (Å²) in [4.78, 5) is 43.0. The summed E-state index contributed by atoms with van der Waals surface area (Å²) < 4.78 is 14.0. The number of rotatable bonds is 5. The van der Waals surface area contributed by atoms with Gasteiger partial charge in [-0.3, -0.25) is 14.3 Å². The number of carbonyl (C=O) groups excluding carboxylic acids is 1. The van der Waals surface area contributed by atoms with Gasteiger partial charge in [-0.25, -0.2) is 9.59 Å². The number of piperazine rings is 1. The Bertz CT molecular complexity index is 1460. The van der Waals surface area contributed by atoms with Gasteiger partial charge in [0.2, 0.25) is 0 Å². The van der Waals surface area contributed by atoms with Gasteiger partial charge in [-0.05, 0) is 57.4 Å². The minimum Gasteiger partial charge on any atom is -0.491 e. The fourth-order valence-corrected chi connectivity index (χ4v) is 5.06. The van der Waals surface area contributed by atoms with Crippen molar-refractivity contribution in [1.82, 2.24) is 19.8 Å². The molecule has 1 aromatic heterocycles. The summed E-state index contributed by atoms with van der Waals surface area (Å²) in [5.74, 6) is 0.506. The van der Waals surface area contributed by atoms with Crippen LogP contribution in [0.4, 0.5) is 4.79 Å². The Morgan fingerprint density at radius 2 is 1.89 bits per heavy atom. The van der Waals surface area contributed by atoms with Gasteiger partial charge >= 0.3 is 11.8 Å². The smallest absolute Gasteiger partial charge is 0.410 e. The lowest BCUT2D eigenvalue weighted by atomic mass is 10.0. The van der Waals surface area contributed by atoms with E-state index in [1.54, 1.807) is 17.0 Å². The molecule has 3 aromatic rings. The first-order valence-corrected chi connectivity index (χ1v) is 13.6. The first-order chi connectivity index (χ1) is 17.9. The predicted molar refractivity (Wildman–Crippen MR) is 152 cm³/mol. The van der Waals surface area contributed by atoms with E-state index in [4.69, 9.17) is 9.47 Å². The highest BCUT2D eigenvalue weighted by molar-refractivity contribution is 9.10. The Labute approximate surface area is 230 Å². The van der Waals surface area contributed by atoms with Crippen LogP contribution >= 0.6 is 15.9 Å². The maximum absolute atomic E-state index is 13.1. The molecular formula is C28H35BrN4O5. The van der Waals surface area contributed by atoms with E-state index in [1.165, 1.54) is 4.57 Å². The number of fused-ring (bicyclic) bond motifs is 1. The molecule has 2 heterocycles. The third-order valence-electron chi connectivity index (χ3n) is 6.46. The maximum atomic E-state index is 13.1. The van der Waals surface area contributed by atoms with Crippen molar-refractivity contribution in [3.05, 3.63) is 67.3 Å². The summed E-state index contributed by atoms with van der Waals surface area (Å²) in [5, 5.41) is 3.68. The van der Waals surface area contributed by atoms with Crippen molar-refractivity contribution in [3.63, 3.8) is 0 Å². The van der Waals surface area contributed by atoms with E-state index < -0.39 is 16.9 Å². The minimum atomic E-state index is -0.589. The Kier molecular flexibility index (Phi) is 8.04. The number of hydrogen-bond acceptors (Lipinski definition) is 6. The molecule has 0 bridgehead atoms. The quantitative estimate of drug-likeness (QED) is 0.454. The molecule has 4 rings (SSSR count). The third kappa shape index (κ3) is 5.96. The monoisotopic (exact) mass is 586 g/mol. The van der Waals surface area contributed by atoms with Crippen molar-refractivity contribution in [2.24, 2.45) is 0 Å². The van der Waals surface area contributed by atoms with Crippen LogP contribution in [-0.2, 0) is 4.74 Å². The second kappa shape index (κ2) is 10.9. The Morgan fingerprint density at radius 3 is 2.58 bits per heavy atom. The maximum Gasteiger partial charge on any atom is 0.410 e.